The fourth-order valence-corrected chi connectivity index (χ4v) is 3.80. The van der Waals surface area contributed by atoms with Gasteiger partial charge in [0, 0.05) is 6.20 Å². The Balaban J connectivity index is 1.69. The highest BCUT2D eigenvalue weighted by atomic mass is 32.2. The summed E-state index contributed by atoms with van der Waals surface area (Å²) in [7, 11) is -3.66. The second-order valence-corrected chi connectivity index (χ2v) is 7.17. The van der Waals surface area contributed by atoms with E-state index < -0.39 is 33.7 Å². The molecule has 5 nitrogen and oxygen atoms in total. The van der Waals surface area contributed by atoms with Crippen molar-refractivity contribution in [3.05, 3.63) is 54.2 Å². The highest BCUT2D eigenvalue weighted by molar-refractivity contribution is 7.89. The lowest BCUT2D eigenvalue weighted by molar-refractivity contribution is -0.140. The standard InChI is InChI=1S/C15H13F3N2O3S/c16-15(17,18)13-7-4-8-19-14(13)23-11-9-20(10-11)24(21,22)12-5-2-1-3-6-12/h1-8,11H,9-10H2. The molecule has 0 spiro atoms. The molecule has 128 valence electrons. The smallest absolute Gasteiger partial charge is 0.421 e. The van der Waals surface area contributed by atoms with Crippen molar-refractivity contribution in [2.24, 2.45) is 0 Å². The average molecular weight is 358 g/mol. The molecule has 0 amide bonds. The second-order valence-electron chi connectivity index (χ2n) is 5.23. The predicted molar refractivity (Wildman–Crippen MR) is 78.9 cm³/mol. The lowest BCUT2D eigenvalue weighted by Crippen LogP contribution is -2.56. The van der Waals surface area contributed by atoms with Crippen LogP contribution < -0.4 is 4.74 Å². The molecule has 0 radical (unpaired) electrons. The maximum absolute atomic E-state index is 12.9. The molecule has 2 heterocycles. The monoisotopic (exact) mass is 358 g/mol. The van der Waals surface area contributed by atoms with Gasteiger partial charge in [0.15, 0.2) is 0 Å². The number of alkyl halides is 3. The van der Waals surface area contributed by atoms with Gasteiger partial charge in [-0.1, -0.05) is 18.2 Å². The van der Waals surface area contributed by atoms with Crippen LogP contribution in [-0.2, 0) is 16.2 Å². The Morgan fingerprint density at radius 2 is 1.75 bits per heavy atom. The number of hydrogen-bond acceptors (Lipinski definition) is 4. The number of pyridine rings is 1. The summed E-state index contributed by atoms with van der Waals surface area (Å²) >= 11 is 0. The molecule has 3 rings (SSSR count). The third kappa shape index (κ3) is 3.22. The molecular weight excluding hydrogens is 345 g/mol. The zero-order valence-corrected chi connectivity index (χ0v) is 13.1. The van der Waals surface area contributed by atoms with Crippen molar-refractivity contribution >= 4 is 10.0 Å². The van der Waals surface area contributed by atoms with Gasteiger partial charge >= 0.3 is 6.18 Å². The molecule has 0 bridgehead atoms. The number of nitrogens with zero attached hydrogens (tertiary/aromatic N) is 2. The fourth-order valence-electron chi connectivity index (χ4n) is 2.27. The lowest BCUT2D eigenvalue weighted by Gasteiger charge is -2.37. The molecule has 1 aliphatic heterocycles. The van der Waals surface area contributed by atoms with Gasteiger partial charge in [0.1, 0.15) is 11.7 Å². The van der Waals surface area contributed by atoms with E-state index in [0.717, 1.165) is 10.4 Å². The third-order valence-corrected chi connectivity index (χ3v) is 5.40. The summed E-state index contributed by atoms with van der Waals surface area (Å²) in [6.45, 7) is -0.0454. The summed E-state index contributed by atoms with van der Waals surface area (Å²) in [5.41, 5.74) is -0.977. The normalized spacial score (nSPS) is 16.6. The van der Waals surface area contributed by atoms with Gasteiger partial charge in [0.2, 0.25) is 15.9 Å². The van der Waals surface area contributed by atoms with Gasteiger partial charge in [0.05, 0.1) is 18.0 Å². The van der Waals surface area contributed by atoms with Crippen LogP contribution in [0.3, 0.4) is 0 Å². The van der Waals surface area contributed by atoms with Crippen LogP contribution in [0.5, 0.6) is 5.88 Å². The van der Waals surface area contributed by atoms with Crippen LogP contribution in [0.2, 0.25) is 0 Å². The number of sulfonamides is 1. The molecule has 1 aromatic carbocycles. The van der Waals surface area contributed by atoms with Crippen LogP contribution in [0.4, 0.5) is 13.2 Å². The number of aromatic nitrogens is 1. The van der Waals surface area contributed by atoms with E-state index in [1.54, 1.807) is 18.2 Å². The average Bonchev–Trinajstić information content (AvgIpc) is 2.50. The van der Waals surface area contributed by atoms with Gasteiger partial charge in [-0.15, -0.1) is 0 Å². The molecule has 1 fully saturated rings. The maximum Gasteiger partial charge on any atom is 0.421 e. The first-order chi connectivity index (χ1) is 11.3. The molecular formula is C15H13F3N2O3S. The van der Waals surface area contributed by atoms with Crippen molar-refractivity contribution in [3.63, 3.8) is 0 Å². The Labute approximate surface area is 136 Å². The Kier molecular flexibility index (Phi) is 4.22. The largest absolute Gasteiger partial charge is 0.471 e. The highest BCUT2D eigenvalue weighted by Crippen LogP contribution is 2.35. The van der Waals surface area contributed by atoms with Gasteiger partial charge in [-0.2, -0.15) is 17.5 Å². The van der Waals surface area contributed by atoms with Crippen LogP contribution in [0, 0.1) is 0 Å². The Morgan fingerprint density at radius 3 is 2.38 bits per heavy atom. The number of ether oxygens (including phenoxy) is 1. The van der Waals surface area contributed by atoms with Gasteiger partial charge in [-0.05, 0) is 24.3 Å². The molecule has 0 unspecified atom stereocenters. The molecule has 0 saturated carbocycles. The predicted octanol–water partition coefficient (Wildman–Crippen LogP) is 2.55. The molecule has 24 heavy (non-hydrogen) atoms. The quantitative estimate of drug-likeness (QED) is 0.843. The van der Waals surface area contributed by atoms with Crippen LogP contribution in [0.1, 0.15) is 5.56 Å². The number of halogens is 3. The number of hydrogen-bond donors (Lipinski definition) is 0. The van der Waals surface area contributed by atoms with Crippen molar-refractivity contribution < 1.29 is 26.3 Å². The van der Waals surface area contributed by atoms with Crippen LogP contribution in [0.15, 0.2) is 53.6 Å². The zero-order chi connectivity index (χ0) is 17.4. The van der Waals surface area contributed by atoms with Crippen LogP contribution >= 0.6 is 0 Å². The minimum absolute atomic E-state index is 0.0227. The molecule has 2 aromatic rings. The number of benzene rings is 1. The lowest BCUT2D eigenvalue weighted by atomic mass is 10.2. The third-order valence-electron chi connectivity index (χ3n) is 3.55. The van der Waals surface area contributed by atoms with Crippen molar-refractivity contribution in [2.45, 2.75) is 17.2 Å². The van der Waals surface area contributed by atoms with E-state index in [1.165, 1.54) is 24.4 Å². The summed E-state index contributed by atoms with van der Waals surface area (Å²) < 4.78 is 69.7. The first-order valence-electron chi connectivity index (χ1n) is 7.02. The summed E-state index contributed by atoms with van der Waals surface area (Å²) in [5, 5.41) is 0. The summed E-state index contributed by atoms with van der Waals surface area (Å²) in [6, 6.07) is 9.87. The summed E-state index contributed by atoms with van der Waals surface area (Å²) in [5.74, 6) is -0.535. The van der Waals surface area contributed by atoms with E-state index in [0.29, 0.717) is 0 Å². The van der Waals surface area contributed by atoms with Crippen molar-refractivity contribution in [2.75, 3.05) is 13.1 Å². The topological polar surface area (TPSA) is 59.5 Å². The minimum atomic E-state index is -4.58. The Morgan fingerprint density at radius 1 is 1.08 bits per heavy atom. The van der Waals surface area contributed by atoms with Crippen molar-refractivity contribution in [3.8, 4) is 5.88 Å². The van der Waals surface area contributed by atoms with Crippen LogP contribution in [-0.4, -0.2) is 36.9 Å². The molecule has 0 atom stereocenters. The van der Waals surface area contributed by atoms with E-state index in [-0.39, 0.29) is 18.0 Å². The van der Waals surface area contributed by atoms with Gasteiger partial charge in [-0.25, -0.2) is 13.4 Å². The Hall–Kier alpha value is -2.13. The summed E-state index contributed by atoms with van der Waals surface area (Å²) in [4.78, 5) is 3.74. The second kappa shape index (κ2) is 6.06. The molecule has 1 aliphatic rings. The highest BCUT2D eigenvalue weighted by Gasteiger charge is 2.41. The van der Waals surface area contributed by atoms with Gasteiger partial charge < -0.3 is 4.74 Å². The van der Waals surface area contributed by atoms with Crippen molar-refractivity contribution in [1.82, 2.24) is 9.29 Å². The first-order valence-corrected chi connectivity index (χ1v) is 8.46. The summed E-state index contributed by atoms with van der Waals surface area (Å²) in [6.07, 6.45) is -4.05. The molecule has 1 saturated heterocycles. The SMILES string of the molecule is O=S(=O)(c1ccccc1)N1CC(Oc2ncccc2C(F)(F)F)C1. The zero-order valence-electron chi connectivity index (χ0n) is 12.3. The van der Waals surface area contributed by atoms with E-state index in [4.69, 9.17) is 4.74 Å². The van der Waals surface area contributed by atoms with E-state index in [2.05, 4.69) is 4.98 Å². The van der Waals surface area contributed by atoms with Crippen molar-refractivity contribution in [1.29, 1.82) is 0 Å². The first kappa shape index (κ1) is 16.7. The van der Waals surface area contributed by atoms with Gasteiger partial charge in [-0.3, -0.25) is 0 Å². The molecule has 9 heteroatoms. The van der Waals surface area contributed by atoms with E-state index in [9.17, 15) is 21.6 Å². The Bertz CT molecular complexity index is 819. The van der Waals surface area contributed by atoms with Crippen LogP contribution in [0.25, 0.3) is 0 Å². The van der Waals surface area contributed by atoms with E-state index in [1.807, 2.05) is 0 Å². The molecule has 0 aliphatic carbocycles. The van der Waals surface area contributed by atoms with E-state index >= 15 is 0 Å². The fraction of sp³-hybridized carbons (Fsp3) is 0.267. The van der Waals surface area contributed by atoms with Gasteiger partial charge in [0.25, 0.3) is 0 Å². The molecule has 0 N–H and O–H groups in total. The number of rotatable bonds is 4. The minimum Gasteiger partial charge on any atom is -0.471 e. The molecule has 1 aromatic heterocycles. The maximum atomic E-state index is 12.9.